The highest BCUT2D eigenvalue weighted by molar-refractivity contribution is 6.22. The third kappa shape index (κ3) is 5.00. The molecule has 0 amide bonds. The molecule has 0 fully saturated rings. The molecule has 0 aliphatic carbocycles. The molecule has 0 radical (unpaired) electrons. The topological polar surface area (TPSA) is 17.3 Å². The lowest BCUT2D eigenvalue weighted by Gasteiger charge is -2.19. The predicted molar refractivity (Wildman–Crippen MR) is 232 cm³/mol. The molecular formula is C53H34N2. The van der Waals surface area contributed by atoms with Gasteiger partial charge in [0.25, 0.3) is 0 Å². The van der Waals surface area contributed by atoms with Crippen LogP contribution >= 0.6 is 0 Å². The van der Waals surface area contributed by atoms with Crippen molar-refractivity contribution in [2.45, 2.75) is 0 Å². The third-order valence-corrected chi connectivity index (χ3v) is 11.1. The number of rotatable bonds is 5. The summed E-state index contributed by atoms with van der Waals surface area (Å²) in [6.45, 7) is 0. The lowest BCUT2D eigenvalue weighted by atomic mass is 9.84. The molecule has 2 heteroatoms. The van der Waals surface area contributed by atoms with Gasteiger partial charge in [-0.2, -0.15) is 0 Å². The first kappa shape index (κ1) is 31.3. The summed E-state index contributed by atoms with van der Waals surface area (Å²) in [5, 5.41) is 7.36. The number of hydrogen-bond acceptors (Lipinski definition) is 1. The Morgan fingerprint density at radius 3 is 1.47 bits per heavy atom. The van der Waals surface area contributed by atoms with E-state index in [4.69, 9.17) is 4.98 Å². The van der Waals surface area contributed by atoms with Gasteiger partial charge in [-0.15, -0.1) is 0 Å². The van der Waals surface area contributed by atoms with E-state index in [2.05, 4.69) is 211 Å². The van der Waals surface area contributed by atoms with Crippen molar-refractivity contribution < 1.29 is 0 Å². The Hall–Kier alpha value is -7.29. The van der Waals surface area contributed by atoms with Crippen molar-refractivity contribution in [2.24, 2.45) is 0 Å². The van der Waals surface area contributed by atoms with Crippen LogP contribution < -0.4 is 0 Å². The van der Waals surface area contributed by atoms with E-state index in [0.717, 1.165) is 27.8 Å². The summed E-state index contributed by atoms with van der Waals surface area (Å²) >= 11 is 0. The van der Waals surface area contributed by atoms with Gasteiger partial charge in [-0.3, -0.25) is 4.40 Å². The lowest BCUT2D eigenvalue weighted by Crippen LogP contribution is -1.97. The highest BCUT2D eigenvalue weighted by Gasteiger charge is 2.22. The van der Waals surface area contributed by atoms with Gasteiger partial charge in [-0.05, 0) is 84.8 Å². The van der Waals surface area contributed by atoms with E-state index in [1.165, 1.54) is 77.0 Å². The van der Waals surface area contributed by atoms with E-state index in [1.807, 2.05) is 0 Å². The summed E-state index contributed by atoms with van der Waals surface area (Å²) in [6, 6.07) is 74.6. The van der Waals surface area contributed by atoms with E-state index in [-0.39, 0.29) is 0 Å². The largest absolute Gasteiger partial charge is 0.293 e. The quantitative estimate of drug-likeness (QED) is 0.164. The maximum absolute atomic E-state index is 5.27. The van der Waals surface area contributed by atoms with Crippen molar-refractivity contribution in [3.05, 3.63) is 206 Å². The Bertz CT molecular complexity index is 3230. The Balaban J connectivity index is 1.19. The van der Waals surface area contributed by atoms with E-state index in [9.17, 15) is 0 Å². The molecule has 0 N–H and O–H groups in total. The van der Waals surface area contributed by atoms with Gasteiger partial charge < -0.3 is 0 Å². The van der Waals surface area contributed by atoms with Crippen LogP contribution in [0.3, 0.4) is 0 Å². The zero-order valence-electron chi connectivity index (χ0n) is 30.0. The summed E-state index contributed by atoms with van der Waals surface area (Å²) in [7, 11) is 0. The van der Waals surface area contributed by atoms with Crippen LogP contribution in [0.25, 0.3) is 105 Å². The number of fused-ring (bicyclic) bond motifs is 7. The molecule has 0 saturated carbocycles. The van der Waals surface area contributed by atoms with Gasteiger partial charge in [0, 0.05) is 21.9 Å². The zero-order valence-corrected chi connectivity index (χ0v) is 30.0. The van der Waals surface area contributed by atoms with Crippen LogP contribution in [0.15, 0.2) is 206 Å². The van der Waals surface area contributed by atoms with Crippen LogP contribution in [0.5, 0.6) is 0 Å². The Labute approximate surface area is 319 Å². The van der Waals surface area contributed by atoms with Gasteiger partial charge in [0.1, 0.15) is 5.82 Å². The van der Waals surface area contributed by atoms with Crippen LogP contribution in [-0.4, -0.2) is 9.38 Å². The molecule has 55 heavy (non-hydrogen) atoms. The number of benzene rings is 9. The fourth-order valence-electron chi connectivity index (χ4n) is 8.77. The molecule has 0 bridgehead atoms. The molecule has 0 saturated heterocycles. The average Bonchev–Trinajstić information content (AvgIpc) is 3.62. The summed E-state index contributed by atoms with van der Waals surface area (Å²) in [5.41, 5.74) is 14.1. The Morgan fingerprint density at radius 2 is 0.782 bits per heavy atom. The molecule has 2 nitrogen and oxygen atoms in total. The van der Waals surface area contributed by atoms with Crippen LogP contribution in [0.1, 0.15) is 0 Å². The fraction of sp³-hybridized carbons (Fsp3) is 0. The Morgan fingerprint density at radius 1 is 0.291 bits per heavy atom. The molecular weight excluding hydrogens is 665 g/mol. The molecule has 2 heterocycles. The fourth-order valence-corrected chi connectivity index (χ4v) is 8.77. The molecule has 256 valence electrons. The van der Waals surface area contributed by atoms with E-state index in [1.54, 1.807) is 0 Å². The van der Waals surface area contributed by atoms with Gasteiger partial charge >= 0.3 is 0 Å². The smallest absolute Gasteiger partial charge is 0.145 e. The van der Waals surface area contributed by atoms with Crippen molar-refractivity contribution >= 4 is 48.9 Å². The summed E-state index contributed by atoms with van der Waals surface area (Å²) in [6.07, 6.45) is 0. The molecule has 0 aliphatic heterocycles. The van der Waals surface area contributed by atoms with Crippen LogP contribution in [-0.2, 0) is 0 Å². The SMILES string of the molecule is c1ccc(-c2c3ccccc3c(-c3ccccc3)c3cc(-c4cccc(-c5c6ccccc6n6c(-c7ccccc7)nc7ccccc7c56)c4)ccc23)cc1. The first-order valence-electron chi connectivity index (χ1n) is 18.9. The standard InChI is InChI=1S/C53H34N2/c1-4-17-35(18-5-1)49-41-25-10-11-26-42(41)50(36-19-6-2-7-20-36)46-34-39(31-32-43(46)49)38-23-16-24-40(33-38)51-45-28-13-15-30-48(45)55-52(51)44-27-12-14-29-47(44)54-53(55)37-21-8-3-9-22-37/h1-34H. The molecule has 11 rings (SSSR count). The average molecular weight is 699 g/mol. The predicted octanol–water partition coefficient (Wildman–Crippen LogP) is 14.3. The second-order valence-electron chi connectivity index (χ2n) is 14.3. The van der Waals surface area contributed by atoms with E-state index in [0.29, 0.717) is 0 Å². The van der Waals surface area contributed by atoms with Gasteiger partial charge in [-0.25, -0.2) is 4.98 Å². The molecule has 11 aromatic rings. The van der Waals surface area contributed by atoms with Gasteiger partial charge in [0.15, 0.2) is 0 Å². The van der Waals surface area contributed by atoms with Crippen molar-refractivity contribution in [3.63, 3.8) is 0 Å². The number of para-hydroxylation sites is 2. The highest BCUT2D eigenvalue weighted by Crippen LogP contribution is 2.46. The molecule has 2 aromatic heterocycles. The minimum Gasteiger partial charge on any atom is -0.293 e. The summed E-state index contributed by atoms with van der Waals surface area (Å²) in [5.74, 6) is 0.942. The second kappa shape index (κ2) is 12.7. The van der Waals surface area contributed by atoms with Crippen molar-refractivity contribution in [2.75, 3.05) is 0 Å². The molecule has 0 atom stereocenters. The molecule has 0 unspecified atom stereocenters. The number of nitrogens with zero attached hydrogens (tertiary/aromatic N) is 2. The highest BCUT2D eigenvalue weighted by atomic mass is 15.0. The minimum absolute atomic E-state index is 0.942. The van der Waals surface area contributed by atoms with Crippen molar-refractivity contribution in [1.29, 1.82) is 0 Å². The maximum Gasteiger partial charge on any atom is 0.145 e. The van der Waals surface area contributed by atoms with E-state index >= 15 is 0 Å². The van der Waals surface area contributed by atoms with Crippen LogP contribution in [0.4, 0.5) is 0 Å². The zero-order chi connectivity index (χ0) is 36.3. The molecule has 0 spiro atoms. The molecule has 0 aliphatic rings. The number of aromatic nitrogens is 2. The Kier molecular flexibility index (Phi) is 7.21. The van der Waals surface area contributed by atoms with Crippen LogP contribution in [0.2, 0.25) is 0 Å². The lowest BCUT2D eigenvalue weighted by molar-refractivity contribution is 1.17. The van der Waals surface area contributed by atoms with E-state index < -0.39 is 0 Å². The number of hydrogen-bond donors (Lipinski definition) is 0. The van der Waals surface area contributed by atoms with Gasteiger partial charge in [0.05, 0.1) is 16.6 Å². The normalized spacial score (nSPS) is 11.6. The second-order valence-corrected chi connectivity index (χ2v) is 14.3. The third-order valence-electron chi connectivity index (χ3n) is 11.1. The van der Waals surface area contributed by atoms with Crippen molar-refractivity contribution in [1.82, 2.24) is 9.38 Å². The minimum atomic E-state index is 0.942. The first-order chi connectivity index (χ1) is 27.3. The monoisotopic (exact) mass is 698 g/mol. The summed E-state index contributed by atoms with van der Waals surface area (Å²) in [4.78, 5) is 5.27. The van der Waals surface area contributed by atoms with Crippen LogP contribution in [0, 0.1) is 0 Å². The first-order valence-corrected chi connectivity index (χ1v) is 18.9. The van der Waals surface area contributed by atoms with Gasteiger partial charge in [0.2, 0.25) is 0 Å². The van der Waals surface area contributed by atoms with Crippen molar-refractivity contribution in [3.8, 4) is 55.9 Å². The van der Waals surface area contributed by atoms with Gasteiger partial charge in [-0.1, -0.05) is 182 Å². The molecule has 9 aromatic carbocycles. The summed E-state index contributed by atoms with van der Waals surface area (Å²) < 4.78 is 2.37. The maximum atomic E-state index is 5.27.